The number of hydrogen-bond donors (Lipinski definition) is 0. The second-order valence-electron chi connectivity index (χ2n) is 5.93. The maximum Gasteiger partial charge on any atom is 0.250 e. The van der Waals surface area contributed by atoms with E-state index in [-0.39, 0.29) is 18.0 Å². The number of likely N-dealkylation sites (N-methyl/N-ethyl adjacent to an activating group) is 1. The van der Waals surface area contributed by atoms with Crippen LogP contribution in [0.15, 0.2) is 29.2 Å². The molecule has 5 heteroatoms. The Kier molecular flexibility index (Phi) is 7.88. The molecule has 1 rings (SSSR count). The predicted octanol–water partition coefficient (Wildman–Crippen LogP) is 1.67. The lowest BCUT2D eigenvalue weighted by Gasteiger charge is -2.28. The van der Waals surface area contributed by atoms with Gasteiger partial charge in [-0.3, -0.25) is 9.59 Å². The average Bonchev–Trinajstić information content (AvgIpc) is 2.49. The van der Waals surface area contributed by atoms with Crippen LogP contribution in [0.2, 0.25) is 0 Å². The van der Waals surface area contributed by atoms with Crippen LogP contribution in [0.25, 0.3) is 0 Å². The zero-order valence-corrected chi connectivity index (χ0v) is 14.3. The summed E-state index contributed by atoms with van der Waals surface area (Å²) in [6.45, 7) is 12.8. The summed E-state index contributed by atoms with van der Waals surface area (Å²) >= 11 is 0. The Balaban J connectivity index is 2.71. The van der Waals surface area contributed by atoms with Crippen molar-refractivity contribution in [1.82, 2.24) is 14.4 Å². The summed E-state index contributed by atoms with van der Waals surface area (Å²) < 4.78 is 1.47. The van der Waals surface area contributed by atoms with Gasteiger partial charge in [-0.25, -0.2) is 0 Å². The number of hydrogen-bond acceptors (Lipinski definition) is 3. The Labute approximate surface area is 133 Å². The quantitative estimate of drug-likeness (QED) is 0.697. The minimum absolute atomic E-state index is 0.00848. The van der Waals surface area contributed by atoms with Crippen molar-refractivity contribution in [1.29, 1.82) is 0 Å². The molecule has 0 radical (unpaired) electrons. The molecule has 0 aliphatic heterocycles. The van der Waals surface area contributed by atoms with Gasteiger partial charge in [0.05, 0.1) is 0 Å². The number of amides is 1. The Morgan fingerprint density at radius 2 is 1.86 bits per heavy atom. The molecular formula is C17H29N3O2. The summed E-state index contributed by atoms with van der Waals surface area (Å²) in [7, 11) is 0. The van der Waals surface area contributed by atoms with E-state index in [1.807, 2.05) is 4.90 Å². The molecule has 0 aromatic carbocycles. The summed E-state index contributed by atoms with van der Waals surface area (Å²) in [6, 6.07) is 4.95. The fourth-order valence-corrected chi connectivity index (χ4v) is 2.40. The molecule has 0 N–H and O–H groups in total. The van der Waals surface area contributed by atoms with Gasteiger partial charge in [-0.15, -0.1) is 0 Å². The van der Waals surface area contributed by atoms with Gasteiger partial charge in [0.15, 0.2) is 0 Å². The van der Waals surface area contributed by atoms with E-state index >= 15 is 0 Å². The van der Waals surface area contributed by atoms with Gasteiger partial charge in [0, 0.05) is 31.9 Å². The van der Waals surface area contributed by atoms with Crippen LogP contribution in [-0.2, 0) is 11.3 Å². The first-order valence-electron chi connectivity index (χ1n) is 8.13. The molecule has 1 amide bonds. The Morgan fingerprint density at radius 1 is 1.18 bits per heavy atom. The van der Waals surface area contributed by atoms with Gasteiger partial charge in [-0.2, -0.15) is 0 Å². The summed E-state index contributed by atoms with van der Waals surface area (Å²) in [4.78, 5) is 28.5. The third kappa shape index (κ3) is 6.02. The maximum atomic E-state index is 12.5. The number of aromatic nitrogens is 1. The van der Waals surface area contributed by atoms with Gasteiger partial charge in [-0.1, -0.05) is 33.8 Å². The molecule has 0 saturated heterocycles. The molecule has 5 nitrogen and oxygen atoms in total. The molecule has 0 saturated carbocycles. The molecule has 0 aliphatic carbocycles. The Bertz CT molecular complexity index is 507. The van der Waals surface area contributed by atoms with Crippen molar-refractivity contribution in [3.63, 3.8) is 0 Å². The molecule has 1 aromatic rings. The standard InChI is InChI=1S/C17H29N3O2/c1-5-18(6-2)11-12-20(13-15(3)4)17(22)14-19-10-8-7-9-16(19)21/h7-10,15H,5-6,11-14H2,1-4H3. The lowest BCUT2D eigenvalue weighted by molar-refractivity contribution is -0.132. The van der Waals surface area contributed by atoms with Crippen molar-refractivity contribution in [2.45, 2.75) is 34.2 Å². The van der Waals surface area contributed by atoms with Gasteiger partial charge in [0.1, 0.15) is 6.54 Å². The van der Waals surface area contributed by atoms with E-state index in [1.165, 1.54) is 10.6 Å². The van der Waals surface area contributed by atoms with Gasteiger partial charge in [0.25, 0.3) is 5.56 Å². The predicted molar refractivity (Wildman–Crippen MR) is 89.9 cm³/mol. The second kappa shape index (κ2) is 9.41. The molecule has 0 spiro atoms. The van der Waals surface area contributed by atoms with Gasteiger partial charge in [-0.05, 0) is 25.1 Å². The lowest BCUT2D eigenvalue weighted by Crippen LogP contribution is -2.42. The molecule has 0 unspecified atom stereocenters. The monoisotopic (exact) mass is 307 g/mol. The highest BCUT2D eigenvalue weighted by Gasteiger charge is 2.16. The summed E-state index contributed by atoms with van der Waals surface area (Å²) in [6.07, 6.45) is 1.66. The Hall–Kier alpha value is -1.62. The van der Waals surface area contributed by atoms with Crippen LogP contribution >= 0.6 is 0 Å². The fraction of sp³-hybridized carbons (Fsp3) is 0.647. The second-order valence-corrected chi connectivity index (χ2v) is 5.93. The van der Waals surface area contributed by atoms with E-state index in [0.29, 0.717) is 12.5 Å². The smallest absolute Gasteiger partial charge is 0.250 e. The van der Waals surface area contributed by atoms with Crippen LogP contribution in [0.4, 0.5) is 0 Å². The number of carbonyl (C=O) groups excluding carboxylic acids is 1. The zero-order chi connectivity index (χ0) is 16.5. The van der Waals surface area contributed by atoms with Crippen LogP contribution in [0.3, 0.4) is 0 Å². The first-order valence-corrected chi connectivity index (χ1v) is 8.13. The lowest BCUT2D eigenvalue weighted by atomic mass is 10.2. The third-order valence-electron chi connectivity index (χ3n) is 3.72. The van der Waals surface area contributed by atoms with E-state index in [0.717, 1.165) is 26.2 Å². The molecular weight excluding hydrogens is 278 g/mol. The van der Waals surface area contributed by atoms with Crippen LogP contribution < -0.4 is 5.56 Å². The van der Waals surface area contributed by atoms with Crippen molar-refractivity contribution < 1.29 is 4.79 Å². The normalized spacial score (nSPS) is 11.2. The molecule has 0 aliphatic rings. The molecule has 0 fully saturated rings. The summed E-state index contributed by atoms with van der Waals surface area (Å²) in [5.41, 5.74) is -0.135. The van der Waals surface area contributed by atoms with Gasteiger partial charge >= 0.3 is 0 Å². The van der Waals surface area contributed by atoms with Crippen LogP contribution in [0.1, 0.15) is 27.7 Å². The van der Waals surface area contributed by atoms with Crippen molar-refractivity contribution in [2.75, 3.05) is 32.7 Å². The number of carbonyl (C=O) groups is 1. The van der Waals surface area contributed by atoms with Crippen molar-refractivity contribution in [3.8, 4) is 0 Å². The van der Waals surface area contributed by atoms with E-state index < -0.39 is 0 Å². The Morgan fingerprint density at radius 3 is 2.41 bits per heavy atom. The van der Waals surface area contributed by atoms with E-state index in [1.54, 1.807) is 18.3 Å². The van der Waals surface area contributed by atoms with Gasteiger partial charge in [0.2, 0.25) is 5.91 Å². The van der Waals surface area contributed by atoms with Crippen LogP contribution in [0, 0.1) is 5.92 Å². The highest BCUT2D eigenvalue weighted by atomic mass is 16.2. The van der Waals surface area contributed by atoms with Crippen molar-refractivity contribution >= 4 is 5.91 Å². The van der Waals surface area contributed by atoms with E-state index in [9.17, 15) is 9.59 Å². The number of rotatable bonds is 9. The minimum atomic E-state index is -0.135. The molecule has 124 valence electrons. The first-order chi connectivity index (χ1) is 10.5. The van der Waals surface area contributed by atoms with Gasteiger partial charge < -0.3 is 14.4 Å². The number of pyridine rings is 1. The molecule has 1 heterocycles. The maximum absolute atomic E-state index is 12.5. The molecule has 1 aromatic heterocycles. The topological polar surface area (TPSA) is 45.5 Å². The molecule has 0 bridgehead atoms. The largest absolute Gasteiger partial charge is 0.340 e. The van der Waals surface area contributed by atoms with Crippen LogP contribution in [0.5, 0.6) is 0 Å². The third-order valence-corrected chi connectivity index (χ3v) is 3.72. The highest BCUT2D eigenvalue weighted by molar-refractivity contribution is 5.76. The van der Waals surface area contributed by atoms with Crippen LogP contribution in [-0.4, -0.2) is 53.0 Å². The highest BCUT2D eigenvalue weighted by Crippen LogP contribution is 2.02. The van der Waals surface area contributed by atoms with E-state index in [4.69, 9.17) is 0 Å². The fourth-order valence-electron chi connectivity index (χ4n) is 2.40. The molecule has 22 heavy (non-hydrogen) atoms. The molecule has 0 atom stereocenters. The first kappa shape index (κ1) is 18.4. The van der Waals surface area contributed by atoms with Crippen molar-refractivity contribution in [2.24, 2.45) is 5.92 Å². The summed E-state index contributed by atoms with van der Waals surface area (Å²) in [5, 5.41) is 0. The van der Waals surface area contributed by atoms with E-state index in [2.05, 4.69) is 32.6 Å². The SMILES string of the molecule is CCN(CC)CCN(CC(C)C)C(=O)Cn1ccccc1=O. The van der Waals surface area contributed by atoms with Crippen molar-refractivity contribution in [3.05, 3.63) is 34.7 Å². The minimum Gasteiger partial charge on any atom is -0.340 e. The average molecular weight is 307 g/mol. The number of nitrogens with zero attached hydrogens (tertiary/aromatic N) is 3. The summed E-state index contributed by atoms with van der Waals surface area (Å²) in [5.74, 6) is 0.419. The zero-order valence-electron chi connectivity index (χ0n) is 14.3.